The highest BCUT2D eigenvalue weighted by atomic mass is 16.3. The summed E-state index contributed by atoms with van der Waals surface area (Å²) in [5, 5.41) is 5.44. The fraction of sp³-hybridized carbons (Fsp3) is 0.455. The van der Waals surface area contributed by atoms with Gasteiger partial charge < -0.3 is 15.1 Å². The Labute approximate surface area is 166 Å². The first-order chi connectivity index (χ1) is 13.4. The lowest BCUT2D eigenvalue weighted by molar-refractivity contribution is -0.115. The molecule has 1 aliphatic rings. The van der Waals surface area contributed by atoms with Gasteiger partial charge in [0, 0.05) is 18.3 Å². The molecule has 6 nitrogen and oxygen atoms in total. The Balaban J connectivity index is 1.47. The van der Waals surface area contributed by atoms with Gasteiger partial charge in [0.2, 0.25) is 5.91 Å². The SMILES string of the molecule is Cc1cc(C(=O)NCC(=O)Nc2ccc(CN3CCCCC3C)cc2)c(C)o1. The second-order valence-corrected chi connectivity index (χ2v) is 7.57. The van der Waals surface area contributed by atoms with Crippen molar-refractivity contribution >= 4 is 17.5 Å². The molecule has 0 radical (unpaired) electrons. The number of likely N-dealkylation sites (tertiary alicyclic amines) is 1. The first kappa shape index (κ1) is 20.1. The molecule has 0 bridgehead atoms. The average Bonchev–Trinajstić information content (AvgIpc) is 3.01. The van der Waals surface area contributed by atoms with Crippen LogP contribution in [0.15, 0.2) is 34.7 Å². The lowest BCUT2D eigenvalue weighted by Crippen LogP contribution is -2.36. The van der Waals surface area contributed by atoms with Crippen LogP contribution < -0.4 is 10.6 Å². The Kier molecular flexibility index (Phi) is 6.52. The number of anilines is 1. The first-order valence-corrected chi connectivity index (χ1v) is 9.90. The smallest absolute Gasteiger partial charge is 0.255 e. The van der Waals surface area contributed by atoms with Gasteiger partial charge in [-0.2, -0.15) is 0 Å². The Morgan fingerprint density at radius 3 is 2.57 bits per heavy atom. The molecule has 2 amide bonds. The topological polar surface area (TPSA) is 74.6 Å². The molecule has 0 saturated carbocycles. The fourth-order valence-corrected chi connectivity index (χ4v) is 3.64. The van der Waals surface area contributed by atoms with Gasteiger partial charge in [0.25, 0.3) is 5.91 Å². The fourth-order valence-electron chi connectivity index (χ4n) is 3.64. The molecule has 6 heteroatoms. The van der Waals surface area contributed by atoms with Gasteiger partial charge in [0.05, 0.1) is 12.1 Å². The van der Waals surface area contributed by atoms with Crippen molar-refractivity contribution in [1.29, 1.82) is 0 Å². The number of hydrogen-bond acceptors (Lipinski definition) is 4. The van der Waals surface area contributed by atoms with E-state index in [9.17, 15) is 9.59 Å². The molecule has 3 rings (SSSR count). The van der Waals surface area contributed by atoms with Crippen molar-refractivity contribution in [2.24, 2.45) is 0 Å². The van der Waals surface area contributed by atoms with Crippen LogP contribution >= 0.6 is 0 Å². The third-order valence-electron chi connectivity index (χ3n) is 5.26. The number of aryl methyl sites for hydroxylation is 2. The molecule has 0 aliphatic carbocycles. The van der Waals surface area contributed by atoms with Crippen molar-refractivity contribution < 1.29 is 14.0 Å². The van der Waals surface area contributed by atoms with Crippen molar-refractivity contribution in [3.63, 3.8) is 0 Å². The minimum atomic E-state index is -0.310. The van der Waals surface area contributed by atoms with Crippen LogP contribution in [0.25, 0.3) is 0 Å². The van der Waals surface area contributed by atoms with Gasteiger partial charge in [-0.1, -0.05) is 18.6 Å². The minimum Gasteiger partial charge on any atom is -0.466 e. The van der Waals surface area contributed by atoms with Gasteiger partial charge in [-0.25, -0.2) is 0 Å². The summed E-state index contributed by atoms with van der Waals surface area (Å²) in [6.45, 7) is 7.80. The van der Waals surface area contributed by atoms with E-state index in [-0.39, 0.29) is 18.4 Å². The zero-order valence-corrected chi connectivity index (χ0v) is 16.9. The van der Waals surface area contributed by atoms with Crippen molar-refractivity contribution in [2.45, 2.75) is 52.6 Å². The highest BCUT2D eigenvalue weighted by Gasteiger charge is 2.18. The number of furan rings is 1. The van der Waals surface area contributed by atoms with E-state index in [2.05, 4.69) is 22.5 Å². The summed E-state index contributed by atoms with van der Waals surface area (Å²) in [5.41, 5.74) is 2.43. The number of nitrogens with one attached hydrogen (secondary N) is 2. The molecule has 2 N–H and O–H groups in total. The predicted molar refractivity (Wildman–Crippen MR) is 109 cm³/mol. The van der Waals surface area contributed by atoms with Gasteiger partial charge in [0.1, 0.15) is 11.5 Å². The monoisotopic (exact) mass is 383 g/mol. The molecular weight excluding hydrogens is 354 g/mol. The van der Waals surface area contributed by atoms with Crippen LogP contribution in [0, 0.1) is 13.8 Å². The Morgan fingerprint density at radius 1 is 1.18 bits per heavy atom. The third kappa shape index (κ3) is 5.23. The molecule has 1 unspecified atom stereocenters. The number of hydrogen-bond donors (Lipinski definition) is 2. The molecule has 1 saturated heterocycles. The maximum absolute atomic E-state index is 12.1. The molecule has 1 aliphatic heterocycles. The van der Waals surface area contributed by atoms with Crippen LogP contribution in [-0.4, -0.2) is 35.8 Å². The highest BCUT2D eigenvalue weighted by molar-refractivity contribution is 5.99. The highest BCUT2D eigenvalue weighted by Crippen LogP contribution is 2.20. The summed E-state index contributed by atoms with van der Waals surface area (Å²) in [7, 11) is 0. The number of carbonyl (C=O) groups is 2. The van der Waals surface area contributed by atoms with Gasteiger partial charge in [-0.05, 0) is 63.9 Å². The second kappa shape index (κ2) is 9.06. The number of amides is 2. The molecule has 1 aromatic heterocycles. The van der Waals surface area contributed by atoms with Crippen LogP contribution in [-0.2, 0) is 11.3 Å². The van der Waals surface area contributed by atoms with E-state index in [1.54, 1.807) is 19.9 Å². The van der Waals surface area contributed by atoms with E-state index in [0.29, 0.717) is 23.1 Å². The number of nitrogens with zero attached hydrogens (tertiary/aromatic N) is 1. The summed E-state index contributed by atoms with van der Waals surface area (Å²) in [4.78, 5) is 26.8. The van der Waals surface area contributed by atoms with Gasteiger partial charge in [0.15, 0.2) is 0 Å². The van der Waals surface area contributed by atoms with E-state index in [1.807, 2.05) is 24.3 Å². The zero-order chi connectivity index (χ0) is 20.1. The molecular formula is C22H29N3O3. The lowest BCUT2D eigenvalue weighted by atomic mass is 10.0. The van der Waals surface area contributed by atoms with Gasteiger partial charge in [-0.15, -0.1) is 0 Å². The van der Waals surface area contributed by atoms with Gasteiger partial charge in [-0.3, -0.25) is 14.5 Å². The van der Waals surface area contributed by atoms with E-state index < -0.39 is 0 Å². The average molecular weight is 383 g/mol. The quantitative estimate of drug-likeness (QED) is 0.799. The van der Waals surface area contributed by atoms with Crippen LogP contribution in [0.2, 0.25) is 0 Å². The number of benzene rings is 1. The second-order valence-electron chi connectivity index (χ2n) is 7.57. The minimum absolute atomic E-state index is 0.0878. The summed E-state index contributed by atoms with van der Waals surface area (Å²) in [6.07, 6.45) is 3.85. The predicted octanol–water partition coefficient (Wildman–Crippen LogP) is 3.64. The van der Waals surface area contributed by atoms with Crippen LogP contribution in [0.1, 0.15) is 53.6 Å². The molecule has 1 atom stereocenters. The molecule has 150 valence electrons. The summed E-state index contributed by atoms with van der Waals surface area (Å²) in [5.74, 6) is 0.652. The Hall–Kier alpha value is -2.60. The summed E-state index contributed by atoms with van der Waals surface area (Å²) >= 11 is 0. The maximum Gasteiger partial charge on any atom is 0.255 e. The molecule has 0 spiro atoms. The van der Waals surface area contributed by atoms with E-state index in [0.717, 1.165) is 18.8 Å². The van der Waals surface area contributed by atoms with E-state index in [4.69, 9.17) is 4.42 Å². The standard InChI is InChI=1S/C22H29N3O3/c1-15-6-4-5-11-25(15)14-18-7-9-19(10-8-18)24-21(26)13-23-22(27)20-12-16(2)28-17(20)3/h7-10,12,15H,4-6,11,13-14H2,1-3H3,(H,23,27)(H,24,26). The normalized spacial score (nSPS) is 17.3. The van der Waals surface area contributed by atoms with Crippen LogP contribution in [0.4, 0.5) is 5.69 Å². The molecule has 1 aromatic carbocycles. The van der Waals surface area contributed by atoms with Crippen molar-refractivity contribution in [3.8, 4) is 0 Å². The van der Waals surface area contributed by atoms with Crippen LogP contribution in [0.3, 0.4) is 0 Å². The van der Waals surface area contributed by atoms with Crippen LogP contribution in [0.5, 0.6) is 0 Å². The maximum atomic E-state index is 12.1. The Morgan fingerprint density at radius 2 is 1.93 bits per heavy atom. The molecule has 2 aromatic rings. The van der Waals surface area contributed by atoms with Gasteiger partial charge >= 0.3 is 0 Å². The van der Waals surface area contributed by atoms with Crippen molar-refractivity contribution in [1.82, 2.24) is 10.2 Å². The molecule has 2 heterocycles. The van der Waals surface area contributed by atoms with E-state index in [1.165, 1.54) is 24.8 Å². The third-order valence-corrected chi connectivity index (χ3v) is 5.26. The number of piperidine rings is 1. The van der Waals surface area contributed by atoms with Crippen molar-refractivity contribution in [3.05, 3.63) is 53.0 Å². The zero-order valence-electron chi connectivity index (χ0n) is 16.9. The summed E-state index contributed by atoms with van der Waals surface area (Å²) < 4.78 is 5.35. The molecule has 28 heavy (non-hydrogen) atoms. The number of carbonyl (C=O) groups excluding carboxylic acids is 2. The molecule has 1 fully saturated rings. The van der Waals surface area contributed by atoms with E-state index >= 15 is 0 Å². The summed E-state index contributed by atoms with van der Waals surface area (Å²) in [6, 6.07) is 10.2. The van der Waals surface area contributed by atoms with Crippen molar-refractivity contribution in [2.75, 3.05) is 18.4 Å². The first-order valence-electron chi connectivity index (χ1n) is 9.90. The number of rotatable bonds is 6. The Bertz CT molecular complexity index is 826. The largest absolute Gasteiger partial charge is 0.466 e. The lowest BCUT2D eigenvalue weighted by Gasteiger charge is -2.33.